The number of amides is 1. The van der Waals surface area contributed by atoms with Crippen molar-refractivity contribution < 1.29 is 9.90 Å². The lowest BCUT2D eigenvalue weighted by Crippen LogP contribution is -2.37. The second-order valence-electron chi connectivity index (χ2n) is 3.32. The van der Waals surface area contributed by atoms with Crippen LogP contribution in [0, 0.1) is 0 Å². The van der Waals surface area contributed by atoms with Gasteiger partial charge in [-0.3, -0.25) is 4.79 Å². The molecule has 1 aromatic rings. The monoisotopic (exact) mass is 240 g/mol. The van der Waals surface area contributed by atoms with Crippen LogP contribution in [0.5, 0.6) is 0 Å². The smallest absolute Gasteiger partial charge is 0.254 e. The Balaban J connectivity index is 2.79. The van der Waals surface area contributed by atoms with Crippen LogP contribution >= 0.6 is 11.8 Å². The summed E-state index contributed by atoms with van der Waals surface area (Å²) in [6, 6.07) is 3.27. The van der Waals surface area contributed by atoms with E-state index in [-0.39, 0.29) is 18.6 Å². The number of hydrogen-bond donors (Lipinski definition) is 2. The standard InChI is InChI=1S/C11H16N2O2S/c1-3-8(7-14)13-10(15)9-5-4-6-12-11(9)16-2/h4-6,8,14H,3,7H2,1-2H3,(H,13,15)/t8-/m1/s1. The van der Waals surface area contributed by atoms with Gasteiger partial charge in [0.2, 0.25) is 0 Å². The molecule has 88 valence electrons. The summed E-state index contributed by atoms with van der Waals surface area (Å²) in [7, 11) is 0. The SMILES string of the molecule is CC[C@H](CO)NC(=O)c1cccnc1SC. The average Bonchev–Trinajstić information content (AvgIpc) is 2.35. The van der Waals surface area contributed by atoms with Crippen molar-refractivity contribution in [1.29, 1.82) is 0 Å². The largest absolute Gasteiger partial charge is 0.394 e. The predicted molar refractivity (Wildman–Crippen MR) is 64.6 cm³/mol. The molecule has 0 aliphatic heterocycles. The van der Waals surface area contributed by atoms with Crippen LogP contribution in [0.4, 0.5) is 0 Å². The molecule has 4 nitrogen and oxygen atoms in total. The second kappa shape index (κ2) is 6.50. The Bertz CT molecular complexity index is 354. The first kappa shape index (κ1) is 13.0. The zero-order valence-corrected chi connectivity index (χ0v) is 10.3. The zero-order valence-electron chi connectivity index (χ0n) is 9.43. The number of aromatic nitrogens is 1. The van der Waals surface area contributed by atoms with E-state index in [9.17, 15) is 4.79 Å². The molecule has 0 spiro atoms. The van der Waals surface area contributed by atoms with E-state index in [4.69, 9.17) is 5.11 Å². The molecule has 1 atom stereocenters. The molecular formula is C11H16N2O2S. The maximum atomic E-state index is 11.9. The van der Waals surface area contributed by atoms with Gasteiger partial charge in [0, 0.05) is 6.20 Å². The second-order valence-corrected chi connectivity index (χ2v) is 4.12. The van der Waals surface area contributed by atoms with Gasteiger partial charge >= 0.3 is 0 Å². The minimum Gasteiger partial charge on any atom is -0.394 e. The number of hydrogen-bond acceptors (Lipinski definition) is 4. The highest BCUT2D eigenvalue weighted by Crippen LogP contribution is 2.16. The van der Waals surface area contributed by atoms with Gasteiger partial charge in [0.1, 0.15) is 5.03 Å². The first-order chi connectivity index (χ1) is 7.72. The predicted octanol–water partition coefficient (Wildman–Crippen LogP) is 1.30. The fourth-order valence-corrected chi connectivity index (χ4v) is 1.81. The van der Waals surface area contributed by atoms with Crippen LogP contribution in [0.15, 0.2) is 23.4 Å². The maximum absolute atomic E-state index is 11.9. The van der Waals surface area contributed by atoms with Crippen molar-refractivity contribution in [2.45, 2.75) is 24.4 Å². The first-order valence-electron chi connectivity index (χ1n) is 5.13. The van der Waals surface area contributed by atoms with Crippen LogP contribution in [-0.2, 0) is 0 Å². The molecule has 0 saturated heterocycles. The van der Waals surface area contributed by atoms with E-state index in [0.29, 0.717) is 17.0 Å². The molecule has 5 heteroatoms. The Morgan fingerprint density at radius 2 is 2.44 bits per heavy atom. The third kappa shape index (κ3) is 3.21. The fourth-order valence-electron chi connectivity index (χ4n) is 1.27. The summed E-state index contributed by atoms with van der Waals surface area (Å²) in [6.07, 6.45) is 4.24. The van der Waals surface area contributed by atoms with E-state index in [1.54, 1.807) is 18.3 Å². The lowest BCUT2D eigenvalue weighted by molar-refractivity contribution is 0.0911. The summed E-state index contributed by atoms with van der Waals surface area (Å²) in [5.74, 6) is -0.182. The quantitative estimate of drug-likeness (QED) is 0.762. The molecule has 0 aromatic carbocycles. The summed E-state index contributed by atoms with van der Waals surface area (Å²) in [4.78, 5) is 16.0. The molecule has 16 heavy (non-hydrogen) atoms. The first-order valence-corrected chi connectivity index (χ1v) is 6.36. The molecule has 1 heterocycles. The molecule has 2 N–H and O–H groups in total. The van der Waals surface area contributed by atoms with E-state index >= 15 is 0 Å². The Morgan fingerprint density at radius 3 is 3.00 bits per heavy atom. The molecule has 1 aromatic heterocycles. The summed E-state index contributed by atoms with van der Waals surface area (Å²) < 4.78 is 0. The number of nitrogens with one attached hydrogen (secondary N) is 1. The van der Waals surface area contributed by atoms with Crippen LogP contribution < -0.4 is 5.32 Å². The van der Waals surface area contributed by atoms with Gasteiger partial charge in [-0.05, 0) is 24.8 Å². The third-order valence-corrected chi connectivity index (χ3v) is 2.97. The topological polar surface area (TPSA) is 62.2 Å². The Labute approximate surface area is 99.5 Å². The van der Waals surface area contributed by atoms with E-state index in [1.807, 2.05) is 13.2 Å². The van der Waals surface area contributed by atoms with Crippen LogP contribution in [0.1, 0.15) is 23.7 Å². The number of nitrogens with zero attached hydrogens (tertiary/aromatic N) is 1. The fraction of sp³-hybridized carbons (Fsp3) is 0.455. The van der Waals surface area contributed by atoms with Gasteiger partial charge in [0.15, 0.2) is 0 Å². The number of pyridine rings is 1. The molecule has 0 radical (unpaired) electrons. The highest BCUT2D eigenvalue weighted by atomic mass is 32.2. The van der Waals surface area contributed by atoms with E-state index in [0.717, 1.165) is 0 Å². The molecule has 1 amide bonds. The van der Waals surface area contributed by atoms with Crippen molar-refractivity contribution in [2.24, 2.45) is 0 Å². The molecule has 0 bridgehead atoms. The summed E-state index contributed by atoms with van der Waals surface area (Å²) in [5, 5.41) is 12.5. The molecule has 0 aliphatic carbocycles. The normalized spacial score (nSPS) is 12.2. The molecule has 0 fully saturated rings. The van der Waals surface area contributed by atoms with Gasteiger partial charge in [0.25, 0.3) is 5.91 Å². The molecular weight excluding hydrogens is 224 g/mol. The Morgan fingerprint density at radius 1 is 1.69 bits per heavy atom. The molecule has 0 unspecified atom stereocenters. The van der Waals surface area contributed by atoms with Crippen LogP contribution in [0.2, 0.25) is 0 Å². The van der Waals surface area contributed by atoms with Crippen molar-refractivity contribution in [1.82, 2.24) is 10.3 Å². The van der Waals surface area contributed by atoms with Crippen LogP contribution in [-0.4, -0.2) is 34.9 Å². The Kier molecular flexibility index (Phi) is 5.28. The van der Waals surface area contributed by atoms with Gasteiger partial charge in [-0.2, -0.15) is 0 Å². The molecule has 0 saturated carbocycles. The average molecular weight is 240 g/mol. The van der Waals surface area contributed by atoms with E-state index in [1.165, 1.54) is 11.8 Å². The number of carbonyl (C=O) groups excluding carboxylic acids is 1. The van der Waals surface area contributed by atoms with Crippen molar-refractivity contribution in [3.05, 3.63) is 23.9 Å². The number of carbonyl (C=O) groups is 1. The molecule has 0 aliphatic rings. The molecule has 1 rings (SSSR count). The van der Waals surface area contributed by atoms with Gasteiger partial charge in [-0.25, -0.2) is 4.98 Å². The highest BCUT2D eigenvalue weighted by molar-refractivity contribution is 7.98. The van der Waals surface area contributed by atoms with Crippen molar-refractivity contribution in [3.8, 4) is 0 Å². The zero-order chi connectivity index (χ0) is 12.0. The minimum atomic E-state index is -0.192. The highest BCUT2D eigenvalue weighted by Gasteiger charge is 2.14. The van der Waals surface area contributed by atoms with Gasteiger partial charge in [-0.15, -0.1) is 11.8 Å². The van der Waals surface area contributed by atoms with E-state index < -0.39 is 0 Å². The van der Waals surface area contributed by atoms with Crippen LogP contribution in [0.3, 0.4) is 0 Å². The lowest BCUT2D eigenvalue weighted by atomic mass is 10.2. The van der Waals surface area contributed by atoms with Crippen molar-refractivity contribution in [3.63, 3.8) is 0 Å². The third-order valence-electron chi connectivity index (χ3n) is 2.26. The van der Waals surface area contributed by atoms with Crippen molar-refractivity contribution >= 4 is 17.7 Å². The summed E-state index contributed by atoms with van der Waals surface area (Å²) in [5.41, 5.74) is 0.557. The number of thioether (sulfide) groups is 1. The van der Waals surface area contributed by atoms with Gasteiger partial charge < -0.3 is 10.4 Å². The lowest BCUT2D eigenvalue weighted by Gasteiger charge is -2.14. The van der Waals surface area contributed by atoms with Crippen molar-refractivity contribution in [2.75, 3.05) is 12.9 Å². The van der Waals surface area contributed by atoms with Gasteiger partial charge in [-0.1, -0.05) is 6.92 Å². The Hall–Kier alpha value is -1.07. The maximum Gasteiger partial charge on any atom is 0.254 e. The number of aliphatic hydroxyl groups excluding tert-OH is 1. The van der Waals surface area contributed by atoms with E-state index in [2.05, 4.69) is 10.3 Å². The number of aliphatic hydroxyl groups is 1. The van der Waals surface area contributed by atoms with Gasteiger partial charge in [0.05, 0.1) is 18.2 Å². The minimum absolute atomic E-state index is 0.0445. The number of rotatable bonds is 5. The summed E-state index contributed by atoms with van der Waals surface area (Å²) in [6.45, 7) is 1.87. The van der Waals surface area contributed by atoms with Crippen LogP contribution in [0.25, 0.3) is 0 Å². The summed E-state index contributed by atoms with van der Waals surface area (Å²) >= 11 is 1.43.